The van der Waals surface area contributed by atoms with Gasteiger partial charge in [-0.15, -0.1) is 0 Å². The van der Waals surface area contributed by atoms with Gasteiger partial charge in [0.2, 0.25) is 0 Å². The topological polar surface area (TPSA) is 0 Å². The fraction of sp³-hybridized carbons (Fsp3) is 0.190. The third-order valence-electron chi connectivity index (χ3n) is 11.3. The summed E-state index contributed by atoms with van der Waals surface area (Å²) in [5, 5.41) is 8.24. The van der Waals surface area contributed by atoms with Crippen LogP contribution in [-0.4, -0.2) is 0 Å². The van der Waals surface area contributed by atoms with Crippen LogP contribution in [0.25, 0.3) is 49.0 Å². The lowest BCUT2D eigenvalue weighted by Gasteiger charge is -2.36. The first-order valence-electron chi connectivity index (χ1n) is 15.5. The molecule has 6 aromatic rings. The van der Waals surface area contributed by atoms with E-state index in [4.69, 9.17) is 0 Å². The zero-order valence-corrected chi connectivity index (χ0v) is 24.6. The van der Waals surface area contributed by atoms with Crippen LogP contribution in [0.1, 0.15) is 73.4 Å². The van der Waals surface area contributed by atoms with Crippen LogP contribution in [0.3, 0.4) is 0 Å². The molecule has 0 aliphatic heterocycles. The predicted octanol–water partition coefficient (Wildman–Crippen LogP) is 11.0. The Bertz CT molecular complexity index is 2300. The van der Waals surface area contributed by atoms with E-state index < -0.39 is 0 Å². The minimum Gasteiger partial charge on any atom is -0.0836 e. The number of hydrogen-bond donors (Lipinski definition) is 0. The van der Waals surface area contributed by atoms with Gasteiger partial charge >= 0.3 is 0 Å². The zero-order chi connectivity index (χ0) is 28.1. The molecule has 0 fully saturated rings. The lowest BCUT2D eigenvalue weighted by Crippen LogP contribution is -2.24. The maximum atomic E-state index is 2.60. The first-order valence-corrected chi connectivity index (χ1v) is 15.5. The van der Waals surface area contributed by atoms with E-state index in [1.165, 1.54) is 88.0 Å². The van der Waals surface area contributed by atoms with Gasteiger partial charge < -0.3 is 0 Å². The molecule has 0 saturated carbocycles. The number of allylic oxidation sites excluding steroid dienone is 5. The molecule has 0 spiro atoms. The van der Waals surface area contributed by atoms with Gasteiger partial charge in [-0.1, -0.05) is 113 Å². The fourth-order valence-electron chi connectivity index (χ4n) is 9.36. The Kier molecular flexibility index (Phi) is 4.04. The second kappa shape index (κ2) is 7.31. The molecule has 4 aliphatic rings. The zero-order valence-electron chi connectivity index (χ0n) is 24.6. The Morgan fingerprint density at radius 1 is 0.619 bits per heavy atom. The van der Waals surface area contributed by atoms with Crippen LogP contribution in [0.15, 0.2) is 114 Å². The molecule has 10 rings (SSSR count). The molecule has 42 heavy (non-hydrogen) atoms. The highest BCUT2D eigenvalue weighted by Gasteiger charge is 2.47. The maximum Gasteiger partial charge on any atom is 0.0162 e. The van der Waals surface area contributed by atoms with E-state index in [0.717, 1.165) is 6.42 Å². The van der Waals surface area contributed by atoms with Crippen LogP contribution < -0.4 is 0 Å². The summed E-state index contributed by atoms with van der Waals surface area (Å²) in [7, 11) is 0. The predicted molar refractivity (Wildman–Crippen MR) is 178 cm³/mol. The number of fused-ring (bicyclic) bond motifs is 11. The van der Waals surface area contributed by atoms with E-state index in [-0.39, 0.29) is 10.8 Å². The summed E-state index contributed by atoms with van der Waals surface area (Å²) >= 11 is 0. The number of benzene rings is 6. The quantitative estimate of drug-likeness (QED) is 0.169. The van der Waals surface area contributed by atoms with Crippen LogP contribution in [0.2, 0.25) is 0 Å². The lowest BCUT2D eigenvalue weighted by atomic mass is 9.67. The van der Waals surface area contributed by atoms with Crippen LogP contribution >= 0.6 is 0 Å². The van der Waals surface area contributed by atoms with Gasteiger partial charge in [-0.25, -0.2) is 0 Å². The largest absolute Gasteiger partial charge is 0.0836 e. The number of hydrogen-bond acceptors (Lipinski definition) is 0. The van der Waals surface area contributed by atoms with Crippen molar-refractivity contribution in [2.45, 2.75) is 50.9 Å². The molecule has 1 atom stereocenters. The molecular formula is C42H32. The van der Waals surface area contributed by atoms with E-state index >= 15 is 0 Å². The highest BCUT2D eigenvalue weighted by molar-refractivity contribution is 6.26. The van der Waals surface area contributed by atoms with E-state index in [1.54, 1.807) is 5.57 Å². The van der Waals surface area contributed by atoms with Crippen molar-refractivity contribution in [3.63, 3.8) is 0 Å². The Morgan fingerprint density at radius 3 is 2.21 bits per heavy atom. The highest BCUT2D eigenvalue weighted by Crippen LogP contribution is 2.62. The average molecular weight is 537 g/mol. The van der Waals surface area contributed by atoms with E-state index in [2.05, 4.69) is 131 Å². The Balaban J connectivity index is 1.31. The van der Waals surface area contributed by atoms with Gasteiger partial charge in [0, 0.05) is 16.7 Å². The lowest BCUT2D eigenvalue weighted by molar-refractivity contribution is 0.620. The molecule has 0 heterocycles. The van der Waals surface area contributed by atoms with Gasteiger partial charge in [0.15, 0.2) is 0 Å². The minimum atomic E-state index is -0.0822. The van der Waals surface area contributed by atoms with Crippen molar-refractivity contribution >= 4 is 37.9 Å². The smallest absolute Gasteiger partial charge is 0.0162 e. The first-order chi connectivity index (χ1) is 20.4. The van der Waals surface area contributed by atoms with Gasteiger partial charge in [0.05, 0.1) is 0 Å². The molecule has 0 heteroatoms. The van der Waals surface area contributed by atoms with Crippen molar-refractivity contribution in [3.05, 3.63) is 148 Å². The average Bonchev–Trinajstić information content (AvgIpc) is 3.38. The van der Waals surface area contributed by atoms with Crippen molar-refractivity contribution in [1.29, 1.82) is 0 Å². The van der Waals surface area contributed by atoms with E-state index in [0.29, 0.717) is 5.92 Å². The molecule has 6 aromatic carbocycles. The summed E-state index contributed by atoms with van der Waals surface area (Å²) in [4.78, 5) is 0. The summed E-state index contributed by atoms with van der Waals surface area (Å²) in [6, 6.07) is 33.0. The third kappa shape index (κ3) is 2.53. The maximum absolute atomic E-state index is 2.60. The van der Waals surface area contributed by atoms with Crippen molar-refractivity contribution in [1.82, 2.24) is 0 Å². The Hall–Kier alpha value is -4.42. The summed E-state index contributed by atoms with van der Waals surface area (Å²) < 4.78 is 0. The number of rotatable bonds is 0. The first kappa shape index (κ1) is 23.2. The van der Waals surface area contributed by atoms with Gasteiger partial charge in [-0.3, -0.25) is 0 Å². The molecule has 0 N–H and O–H groups in total. The van der Waals surface area contributed by atoms with Crippen LogP contribution in [-0.2, 0) is 10.8 Å². The molecular weight excluding hydrogens is 504 g/mol. The Morgan fingerprint density at radius 2 is 1.36 bits per heavy atom. The van der Waals surface area contributed by atoms with E-state index in [1.807, 2.05) is 0 Å². The molecule has 0 radical (unpaired) electrons. The molecule has 1 unspecified atom stereocenters. The second-order valence-corrected chi connectivity index (χ2v) is 14.0. The van der Waals surface area contributed by atoms with Crippen LogP contribution in [0.4, 0.5) is 0 Å². The van der Waals surface area contributed by atoms with Gasteiger partial charge in [-0.05, 0) is 118 Å². The van der Waals surface area contributed by atoms with Gasteiger partial charge in [-0.2, -0.15) is 0 Å². The van der Waals surface area contributed by atoms with Gasteiger partial charge in [0.1, 0.15) is 0 Å². The molecule has 0 aromatic heterocycles. The monoisotopic (exact) mass is 536 g/mol. The van der Waals surface area contributed by atoms with Crippen molar-refractivity contribution in [2.75, 3.05) is 0 Å². The van der Waals surface area contributed by atoms with Crippen molar-refractivity contribution in [2.24, 2.45) is 0 Å². The van der Waals surface area contributed by atoms with Crippen molar-refractivity contribution in [3.8, 4) is 11.1 Å². The summed E-state index contributed by atoms with van der Waals surface area (Å²) in [6.07, 6.45) is 8.12. The summed E-state index contributed by atoms with van der Waals surface area (Å²) in [5.41, 5.74) is 16.0. The van der Waals surface area contributed by atoms with Crippen molar-refractivity contribution < 1.29 is 0 Å². The van der Waals surface area contributed by atoms with E-state index in [9.17, 15) is 0 Å². The molecule has 0 bridgehead atoms. The molecule has 4 aliphatic carbocycles. The summed E-state index contributed by atoms with van der Waals surface area (Å²) in [5.74, 6) is 0.450. The van der Waals surface area contributed by atoms with Gasteiger partial charge in [0.25, 0.3) is 0 Å². The Labute approximate surface area is 247 Å². The normalized spacial score (nSPS) is 20.4. The molecule has 0 amide bonds. The standard InChI is InChI=1S/C42H32/c1-41(2)33-22-32-34(42(3,4)40-29-15-8-6-13-27(29)26-12-5-7-14-28(26)39(32)40)21-31(33)38-30-19-18-24-11-9-10-23-16-17-25(20-35(38)41)37(30)36(23)24/h5-12,14-22,27H,13H2,1-4H3. The SMILES string of the molecule is CC1(C)C2=C(c3ccccc3C3CC=CC=C23)c2cc3c(cc21)-c1c(cc2ccc4cccc5ccc1c2c45)C3(C)C. The summed E-state index contributed by atoms with van der Waals surface area (Å²) in [6.45, 7) is 9.82. The third-order valence-corrected chi connectivity index (χ3v) is 11.3. The fourth-order valence-corrected chi connectivity index (χ4v) is 9.36. The molecule has 0 saturated heterocycles. The minimum absolute atomic E-state index is 0.0703. The van der Waals surface area contributed by atoms with Crippen LogP contribution in [0.5, 0.6) is 0 Å². The van der Waals surface area contributed by atoms with Crippen LogP contribution in [0, 0.1) is 0 Å². The highest BCUT2D eigenvalue weighted by atomic mass is 14.5. The second-order valence-electron chi connectivity index (χ2n) is 14.0. The molecule has 0 nitrogen and oxygen atoms in total. The molecule has 200 valence electrons.